The van der Waals surface area contributed by atoms with E-state index < -0.39 is 10.9 Å². The van der Waals surface area contributed by atoms with Crippen molar-refractivity contribution < 1.29 is 9.90 Å². The molecule has 0 aliphatic rings. The average Bonchev–Trinajstić information content (AvgIpc) is 2.73. The topological polar surface area (TPSA) is 98.7 Å². The molecule has 0 bridgehead atoms. The summed E-state index contributed by atoms with van der Waals surface area (Å²) in [7, 11) is 3.14. The van der Waals surface area contributed by atoms with Crippen molar-refractivity contribution in [2.45, 2.75) is 13.0 Å². The van der Waals surface area contributed by atoms with Crippen molar-refractivity contribution in [3.8, 4) is 5.75 Å². The number of carbonyl (C=O) groups is 1. The molecule has 7 heteroatoms. The molecule has 0 aromatic heterocycles. The first-order valence-electron chi connectivity index (χ1n) is 9.33. The van der Waals surface area contributed by atoms with Gasteiger partial charge in [0, 0.05) is 14.1 Å². The third-order valence-corrected chi connectivity index (χ3v) is 4.76. The number of phenols is 1. The summed E-state index contributed by atoms with van der Waals surface area (Å²) in [5, 5.41) is 16.4. The monoisotopic (exact) mass is 405 g/mol. The van der Waals surface area contributed by atoms with Crippen LogP contribution in [0.25, 0.3) is 0 Å². The Kier molecular flexibility index (Phi) is 5.73. The number of aromatic hydroxyl groups is 1. The minimum atomic E-state index is -0.699. The third kappa shape index (κ3) is 3.82. The number of phenolic OH excluding ortho intramolecular Hbond substituents is 1. The van der Waals surface area contributed by atoms with Crippen LogP contribution in [-0.4, -0.2) is 30.0 Å². The fourth-order valence-electron chi connectivity index (χ4n) is 3.12. The summed E-state index contributed by atoms with van der Waals surface area (Å²) >= 11 is 0. The van der Waals surface area contributed by atoms with Crippen LogP contribution in [0.4, 0.5) is 17.1 Å². The van der Waals surface area contributed by atoms with Crippen molar-refractivity contribution in [2.24, 2.45) is 0 Å². The van der Waals surface area contributed by atoms with Crippen molar-refractivity contribution in [3.63, 3.8) is 0 Å². The van der Waals surface area contributed by atoms with E-state index >= 15 is 0 Å². The second kappa shape index (κ2) is 8.24. The first kappa shape index (κ1) is 20.9. The zero-order valence-corrected chi connectivity index (χ0v) is 17.0. The zero-order chi connectivity index (χ0) is 22.0. The van der Waals surface area contributed by atoms with E-state index in [1.54, 1.807) is 20.2 Å². The predicted octanol–water partition coefficient (Wildman–Crippen LogP) is 3.16. The highest BCUT2D eigenvalue weighted by molar-refractivity contribution is 5.99. The number of nitrogens with one attached hydrogen (secondary N) is 2. The van der Waals surface area contributed by atoms with E-state index in [0.717, 1.165) is 11.1 Å². The Morgan fingerprint density at radius 3 is 2.23 bits per heavy atom. The van der Waals surface area contributed by atoms with Gasteiger partial charge in [0.2, 0.25) is 0 Å². The molecule has 3 aromatic carbocycles. The number of benzene rings is 2. The molecule has 1 atom stereocenters. The van der Waals surface area contributed by atoms with Crippen LogP contribution in [0, 0.1) is 0 Å². The van der Waals surface area contributed by atoms with E-state index in [1.165, 1.54) is 17.0 Å². The number of hydrogen-bond acceptors (Lipinski definition) is 6. The van der Waals surface area contributed by atoms with Gasteiger partial charge in [0.15, 0.2) is 5.75 Å². The van der Waals surface area contributed by atoms with E-state index in [9.17, 15) is 19.5 Å². The van der Waals surface area contributed by atoms with Crippen LogP contribution < -0.4 is 21.5 Å². The van der Waals surface area contributed by atoms with Gasteiger partial charge in [0.1, 0.15) is 11.4 Å². The molecular weight excluding hydrogens is 382 g/mol. The number of anilines is 3. The van der Waals surface area contributed by atoms with Gasteiger partial charge in [-0.25, -0.2) is 0 Å². The summed E-state index contributed by atoms with van der Waals surface area (Å²) in [6.07, 6.45) is 0. The highest BCUT2D eigenvalue weighted by atomic mass is 16.3. The summed E-state index contributed by atoms with van der Waals surface area (Å²) in [6.45, 7) is 5.80. The highest BCUT2D eigenvalue weighted by Crippen LogP contribution is 2.33. The number of amides is 1. The molecule has 0 aliphatic carbocycles. The molecule has 7 nitrogen and oxygen atoms in total. The van der Waals surface area contributed by atoms with Crippen LogP contribution >= 0.6 is 0 Å². The lowest BCUT2D eigenvalue weighted by Gasteiger charge is -2.23. The van der Waals surface area contributed by atoms with E-state index in [4.69, 9.17) is 0 Å². The SMILES string of the molecule is C=C(C)[C@@H](Nc1c(Nc2cccc(C(=O)N(C)C)c2O)c(=O)c1=O)c1ccccc1. The fourth-order valence-corrected chi connectivity index (χ4v) is 3.12. The maximum atomic E-state index is 12.2. The number of rotatable bonds is 7. The Labute approximate surface area is 174 Å². The largest absolute Gasteiger partial charge is 0.505 e. The van der Waals surface area contributed by atoms with Gasteiger partial charge in [0.05, 0.1) is 17.3 Å². The van der Waals surface area contributed by atoms with Crippen molar-refractivity contribution in [1.82, 2.24) is 4.90 Å². The minimum Gasteiger partial charge on any atom is -0.505 e. The van der Waals surface area contributed by atoms with Crippen molar-refractivity contribution in [1.29, 1.82) is 0 Å². The van der Waals surface area contributed by atoms with E-state index in [1.807, 2.05) is 37.3 Å². The van der Waals surface area contributed by atoms with Gasteiger partial charge in [-0.05, 0) is 24.6 Å². The van der Waals surface area contributed by atoms with Gasteiger partial charge in [-0.1, -0.05) is 48.6 Å². The second-order valence-electron chi connectivity index (χ2n) is 7.27. The summed E-state index contributed by atoms with van der Waals surface area (Å²) in [4.78, 5) is 38.0. The molecule has 0 saturated carbocycles. The summed E-state index contributed by atoms with van der Waals surface area (Å²) in [5.41, 5.74) is 0.695. The van der Waals surface area contributed by atoms with Crippen molar-refractivity contribution in [2.75, 3.05) is 24.7 Å². The van der Waals surface area contributed by atoms with Crippen molar-refractivity contribution in [3.05, 3.63) is 92.3 Å². The van der Waals surface area contributed by atoms with Gasteiger partial charge in [-0.2, -0.15) is 0 Å². The molecule has 3 N–H and O–H groups in total. The third-order valence-electron chi connectivity index (χ3n) is 4.76. The predicted molar refractivity (Wildman–Crippen MR) is 118 cm³/mol. The summed E-state index contributed by atoms with van der Waals surface area (Å²) < 4.78 is 0. The Morgan fingerprint density at radius 2 is 1.63 bits per heavy atom. The zero-order valence-electron chi connectivity index (χ0n) is 17.0. The van der Waals surface area contributed by atoms with Crippen LogP contribution in [0.15, 0.2) is 70.3 Å². The summed E-state index contributed by atoms with van der Waals surface area (Å²) in [6, 6.07) is 13.6. The molecule has 0 saturated heterocycles. The lowest BCUT2D eigenvalue weighted by atomic mass is 9.99. The van der Waals surface area contributed by atoms with Gasteiger partial charge in [-0.3, -0.25) is 14.4 Å². The van der Waals surface area contributed by atoms with E-state index in [0.29, 0.717) is 0 Å². The Bertz CT molecular complexity index is 1180. The molecule has 3 rings (SSSR count). The Morgan fingerprint density at radius 1 is 1.00 bits per heavy atom. The Hall–Kier alpha value is -3.87. The minimum absolute atomic E-state index is 0.0342. The maximum absolute atomic E-state index is 12.2. The smallest absolute Gasteiger partial charge is 0.257 e. The van der Waals surface area contributed by atoms with Gasteiger partial charge < -0.3 is 20.6 Å². The molecule has 1 amide bonds. The second-order valence-corrected chi connectivity index (χ2v) is 7.27. The summed E-state index contributed by atoms with van der Waals surface area (Å²) in [5.74, 6) is -0.680. The average molecular weight is 405 g/mol. The normalized spacial score (nSPS) is 11.7. The maximum Gasteiger partial charge on any atom is 0.257 e. The lowest BCUT2D eigenvalue weighted by molar-refractivity contribution is 0.0824. The van der Waals surface area contributed by atoms with Gasteiger partial charge in [0.25, 0.3) is 16.8 Å². The standard InChI is InChI=1S/C23H23N3O4/c1-13(2)17(14-9-6-5-7-10-14)25-19-18(21(28)22(19)29)24-16-12-8-11-15(20(16)27)23(30)26(3)4/h5-12,17,24-25,27H,1H2,2-4H3/t17-/m1/s1. The molecule has 0 heterocycles. The van der Waals surface area contributed by atoms with Crippen LogP contribution in [0.3, 0.4) is 0 Å². The molecule has 154 valence electrons. The Balaban J connectivity index is 1.94. The lowest BCUT2D eigenvalue weighted by Crippen LogP contribution is -2.37. The first-order valence-corrected chi connectivity index (χ1v) is 9.33. The van der Waals surface area contributed by atoms with Crippen molar-refractivity contribution >= 4 is 23.0 Å². The molecule has 0 fully saturated rings. The molecular formula is C23H23N3O4. The molecule has 3 aromatic rings. The number of hydrogen-bond donors (Lipinski definition) is 3. The fraction of sp³-hybridized carbons (Fsp3) is 0.174. The number of para-hydroxylation sites is 1. The van der Waals surface area contributed by atoms with Crippen LogP contribution in [-0.2, 0) is 0 Å². The number of carbonyl (C=O) groups excluding carboxylic acids is 1. The van der Waals surface area contributed by atoms with Crippen LogP contribution in [0.2, 0.25) is 0 Å². The van der Waals surface area contributed by atoms with E-state index in [-0.39, 0.29) is 40.3 Å². The van der Waals surface area contributed by atoms with Crippen LogP contribution in [0.1, 0.15) is 28.9 Å². The van der Waals surface area contributed by atoms with Gasteiger partial charge >= 0.3 is 0 Å². The quantitative estimate of drug-likeness (QED) is 0.317. The molecule has 30 heavy (non-hydrogen) atoms. The van der Waals surface area contributed by atoms with Gasteiger partial charge in [-0.15, -0.1) is 0 Å². The van der Waals surface area contributed by atoms with E-state index in [2.05, 4.69) is 17.2 Å². The number of nitrogens with zero attached hydrogens (tertiary/aromatic N) is 1. The van der Waals surface area contributed by atoms with Crippen LogP contribution in [0.5, 0.6) is 5.75 Å². The molecule has 0 aliphatic heterocycles. The first-order chi connectivity index (χ1) is 14.2. The molecule has 0 unspecified atom stereocenters. The molecule has 0 radical (unpaired) electrons. The molecule has 0 spiro atoms. The highest BCUT2D eigenvalue weighted by Gasteiger charge is 2.26.